The lowest BCUT2D eigenvalue weighted by Crippen LogP contribution is -2.10. The van der Waals surface area contributed by atoms with Crippen molar-refractivity contribution in [1.29, 1.82) is 0 Å². The van der Waals surface area contributed by atoms with Crippen molar-refractivity contribution in [1.82, 2.24) is 4.37 Å². The molecule has 0 spiro atoms. The van der Waals surface area contributed by atoms with Gasteiger partial charge in [0.25, 0.3) is 0 Å². The van der Waals surface area contributed by atoms with Gasteiger partial charge in [0, 0.05) is 5.56 Å². The van der Waals surface area contributed by atoms with Crippen molar-refractivity contribution in [2.24, 2.45) is 0 Å². The van der Waals surface area contributed by atoms with Crippen molar-refractivity contribution in [2.75, 3.05) is 0 Å². The molecule has 0 radical (unpaired) electrons. The second kappa shape index (κ2) is 4.61. The molecular weight excluding hydrogens is 286 g/mol. The third-order valence-electron chi connectivity index (χ3n) is 2.28. The van der Waals surface area contributed by atoms with E-state index in [4.69, 9.17) is 5.11 Å². The second-order valence-electron chi connectivity index (χ2n) is 3.55. The van der Waals surface area contributed by atoms with Crippen LogP contribution in [0.5, 0.6) is 0 Å². The molecule has 1 N–H and O–H groups in total. The highest BCUT2D eigenvalue weighted by molar-refractivity contribution is 7.06. The highest BCUT2D eigenvalue weighted by Crippen LogP contribution is 2.39. The maximum Gasteiger partial charge on any atom is 0.428 e. The Labute approximate surface area is 108 Å². The van der Waals surface area contributed by atoms with Crippen LogP contribution in [0.4, 0.5) is 17.6 Å². The highest BCUT2D eigenvalue weighted by atomic mass is 32.1. The molecule has 100 valence electrons. The zero-order valence-corrected chi connectivity index (χ0v) is 9.85. The zero-order chi connectivity index (χ0) is 14.2. The molecule has 0 aliphatic heterocycles. The maximum absolute atomic E-state index is 12.7. The number of hydrogen-bond acceptors (Lipinski definition) is 3. The Balaban J connectivity index is 2.62. The molecule has 8 heteroatoms. The molecule has 1 aromatic carbocycles. The fourth-order valence-electron chi connectivity index (χ4n) is 1.49. The summed E-state index contributed by atoms with van der Waals surface area (Å²) in [5, 5.41) is 8.91. The largest absolute Gasteiger partial charge is 0.478 e. The predicted octanol–water partition coefficient (Wildman–Crippen LogP) is 3.67. The van der Waals surface area contributed by atoms with Crippen LogP contribution in [-0.2, 0) is 6.18 Å². The smallest absolute Gasteiger partial charge is 0.428 e. The summed E-state index contributed by atoms with van der Waals surface area (Å²) in [4.78, 5) is 9.70. The van der Waals surface area contributed by atoms with E-state index in [9.17, 15) is 22.4 Å². The van der Waals surface area contributed by atoms with Crippen LogP contribution in [0.25, 0.3) is 11.3 Å². The number of carbonyl (C=O) groups is 1. The number of carboxylic acid groups (broad SMARTS) is 1. The van der Waals surface area contributed by atoms with Crippen LogP contribution < -0.4 is 0 Å². The minimum atomic E-state index is -4.79. The van der Waals surface area contributed by atoms with Crippen molar-refractivity contribution in [3.8, 4) is 11.3 Å². The molecule has 0 amide bonds. The summed E-state index contributed by atoms with van der Waals surface area (Å²) in [6.45, 7) is 0. The van der Waals surface area contributed by atoms with Gasteiger partial charge in [-0.25, -0.2) is 9.18 Å². The first-order valence-corrected chi connectivity index (χ1v) is 5.64. The molecule has 3 nitrogen and oxygen atoms in total. The molecule has 0 saturated heterocycles. The molecule has 2 aromatic rings. The molecule has 0 atom stereocenters. The van der Waals surface area contributed by atoms with E-state index in [-0.39, 0.29) is 22.8 Å². The van der Waals surface area contributed by atoms with Crippen molar-refractivity contribution in [3.05, 3.63) is 40.5 Å². The summed E-state index contributed by atoms with van der Waals surface area (Å²) in [7, 11) is 0. The maximum atomic E-state index is 12.7. The zero-order valence-electron chi connectivity index (χ0n) is 9.03. The van der Waals surface area contributed by atoms with Gasteiger partial charge < -0.3 is 5.11 Å². The summed E-state index contributed by atoms with van der Waals surface area (Å²) in [5.41, 5.74) is -1.11. The van der Waals surface area contributed by atoms with E-state index in [1.807, 2.05) is 0 Å². The van der Waals surface area contributed by atoms with E-state index >= 15 is 0 Å². The first-order valence-electron chi connectivity index (χ1n) is 4.87. The molecule has 0 bridgehead atoms. The van der Waals surface area contributed by atoms with E-state index in [0.717, 1.165) is 12.1 Å². The summed E-state index contributed by atoms with van der Waals surface area (Å²) < 4.78 is 54.2. The minimum Gasteiger partial charge on any atom is -0.478 e. The molecule has 2 rings (SSSR count). The minimum absolute atomic E-state index is 0.0609. The second-order valence-corrected chi connectivity index (χ2v) is 4.32. The van der Waals surface area contributed by atoms with Gasteiger partial charge in [0.1, 0.15) is 16.3 Å². The fourth-order valence-corrected chi connectivity index (χ4v) is 2.24. The van der Waals surface area contributed by atoms with Crippen LogP contribution in [-0.4, -0.2) is 15.4 Å². The molecular formula is C11H5F4NO2S. The van der Waals surface area contributed by atoms with Crippen LogP contribution in [0.1, 0.15) is 15.2 Å². The number of aromatic nitrogens is 1. The first kappa shape index (κ1) is 13.5. The number of hydrogen-bond donors (Lipinski definition) is 1. The average molecular weight is 291 g/mol. The van der Waals surface area contributed by atoms with Crippen LogP contribution in [0, 0.1) is 5.82 Å². The van der Waals surface area contributed by atoms with E-state index in [0.29, 0.717) is 0 Å². The van der Waals surface area contributed by atoms with E-state index < -0.39 is 28.4 Å². The molecule has 0 fully saturated rings. The van der Waals surface area contributed by atoms with Gasteiger partial charge in [0.2, 0.25) is 0 Å². The highest BCUT2D eigenvalue weighted by Gasteiger charge is 2.40. The van der Waals surface area contributed by atoms with Gasteiger partial charge in [0.15, 0.2) is 0 Å². The summed E-state index contributed by atoms with van der Waals surface area (Å²) >= 11 is 0.0609. The van der Waals surface area contributed by atoms with E-state index in [1.165, 1.54) is 12.1 Å². The Morgan fingerprint density at radius 1 is 1.21 bits per heavy atom. The number of nitrogens with zero attached hydrogens (tertiary/aromatic N) is 1. The van der Waals surface area contributed by atoms with Gasteiger partial charge in [-0.2, -0.15) is 17.5 Å². The molecule has 1 aromatic heterocycles. The third-order valence-corrected chi connectivity index (χ3v) is 3.17. The number of carboxylic acids is 1. The van der Waals surface area contributed by atoms with Crippen molar-refractivity contribution >= 4 is 17.5 Å². The predicted molar refractivity (Wildman–Crippen MR) is 59.5 cm³/mol. The third kappa shape index (κ3) is 2.58. The van der Waals surface area contributed by atoms with Gasteiger partial charge in [-0.1, -0.05) is 0 Å². The summed E-state index contributed by atoms with van der Waals surface area (Å²) in [5.74, 6) is -2.30. The molecule has 0 saturated carbocycles. The summed E-state index contributed by atoms with van der Waals surface area (Å²) in [6.07, 6.45) is -4.79. The fraction of sp³-hybridized carbons (Fsp3) is 0.0909. The van der Waals surface area contributed by atoms with Crippen molar-refractivity contribution in [2.45, 2.75) is 6.18 Å². The standard InChI is InChI=1S/C11H5F4NO2S/c12-6-3-1-5(2-4-6)8-7(10(17)18)9(19-16-8)11(13,14)15/h1-4H,(H,17,18). The first-order chi connectivity index (χ1) is 8.80. The average Bonchev–Trinajstić information content (AvgIpc) is 2.74. The SMILES string of the molecule is O=C(O)c1c(-c2ccc(F)cc2)nsc1C(F)(F)F. The Kier molecular flexibility index (Phi) is 3.27. The van der Waals surface area contributed by atoms with Crippen LogP contribution >= 0.6 is 11.5 Å². The number of halogens is 4. The normalized spacial score (nSPS) is 11.6. The molecule has 19 heavy (non-hydrogen) atoms. The number of aromatic carboxylic acids is 1. The van der Waals surface area contributed by atoms with Gasteiger partial charge in [0.05, 0.1) is 5.69 Å². The molecule has 0 aliphatic rings. The number of alkyl halides is 3. The van der Waals surface area contributed by atoms with Gasteiger partial charge in [-0.15, -0.1) is 0 Å². The molecule has 0 aliphatic carbocycles. The topological polar surface area (TPSA) is 50.2 Å². The van der Waals surface area contributed by atoms with E-state index in [1.54, 1.807) is 0 Å². The molecule has 1 heterocycles. The Bertz CT molecular complexity index is 619. The quantitative estimate of drug-likeness (QED) is 0.859. The Morgan fingerprint density at radius 3 is 2.26 bits per heavy atom. The van der Waals surface area contributed by atoms with Crippen LogP contribution in [0.15, 0.2) is 24.3 Å². The number of benzene rings is 1. The van der Waals surface area contributed by atoms with Crippen LogP contribution in [0.3, 0.4) is 0 Å². The monoisotopic (exact) mass is 291 g/mol. The van der Waals surface area contributed by atoms with Gasteiger partial charge in [-0.3, -0.25) is 0 Å². The lowest BCUT2D eigenvalue weighted by molar-refractivity contribution is -0.134. The van der Waals surface area contributed by atoms with Crippen LogP contribution in [0.2, 0.25) is 0 Å². The Hall–Kier alpha value is -1.96. The van der Waals surface area contributed by atoms with Crippen molar-refractivity contribution in [3.63, 3.8) is 0 Å². The lowest BCUT2D eigenvalue weighted by atomic mass is 10.1. The Morgan fingerprint density at radius 2 is 1.79 bits per heavy atom. The molecule has 0 unspecified atom stereocenters. The summed E-state index contributed by atoms with van der Waals surface area (Å²) in [6, 6.07) is 4.40. The van der Waals surface area contributed by atoms with Gasteiger partial charge >= 0.3 is 12.1 Å². The van der Waals surface area contributed by atoms with Gasteiger partial charge in [-0.05, 0) is 35.8 Å². The van der Waals surface area contributed by atoms with E-state index in [2.05, 4.69) is 4.37 Å². The van der Waals surface area contributed by atoms with Crippen molar-refractivity contribution < 1.29 is 27.5 Å². The lowest BCUT2D eigenvalue weighted by Gasteiger charge is -2.05. The number of rotatable bonds is 2.